The maximum atomic E-state index is 9.60. The second-order valence-electron chi connectivity index (χ2n) is 5.53. The van der Waals surface area contributed by atoms with Crippen molar-refractivity contribution in [3.05, 3.63) is 24.3 Å². The first-order chi connectivity index (χ1) is 7.43. The van der Waals surface area contributed by atoms with Crippen molar-refractivity contribution in [3.63, 3.8) is 0 Å². The fraction of sp³-hybridized carbons (Fsp3) is 0.692. The van der Waals surface area contributed by atoms with Crippen LogP contribution in [-0.4, -0.2) is 35.5 Å². The lowest BCUT2D eigenvalue weighted by molar-refractivity contribution is 0.0816. The second-order valence-corrected chi connectivity index (χ2v) is 5.53. The molecule has 0 spiro atoms. The molecule has 2 atom stereocenters. The van der Waals surface area contributed by atoms with Crippen LogP contribution < -0.4 is 5.32 Å². The van der Waals surface area contributed by atoms with E-state index in [1.165, 1.54) is 0 Å². The number of rotatable bonds is 4. The lowest BCUT2D eigenvalue weighted by Gasteiger charge is -2.38. The normalized spacial score (nSPS) is 29.7. The second kappa shape index (κ2) is 5.13. The highest BCUT2D eigenvalue weighted by atomic mass is 16.3. The van der Waals surface area contributed by atoms with Crippen molar-refractivity contribution >= 4 is 0 Å². The standard InChI is InChI=1S/C13H23NO2/c1-12(2,3)14-9-13(10-16)7-5-4-6-11(13)8-15/h4-7,11,14-16H,8-10H2,1-3H3. The first kappa shape index (κ1) is 13.4. The van der Waals surface area contributed by atoms with Crippen molar-refractivity contribution in [3.8, 4) is 0 Å². The Morgan fingerprint density at radius 2 is 1.94 bits per heavy atom. The summed E-state index contributed by atoms with van der Waals surface area (Å²) in [4.78, 5) is 0. The van der Waals surface area contributed by atoms with Crippen LogP contribution in [0.3, 0.4) is 0 Å². The van der Waals surface area contributed by atoms with Gasteiger partial charge in [-0.3, -0.25) is 0 Å². The molecule has 1 aliphatic rings. The van der Waals surface area contributed by atoms with E-state index in [9.17, 15) is 10.2 Å². The number of nitrogens with one attached hydrogen (secondary N) is 1. The van der Waals surface area contributed by atoms with Crippen LogP contribution in [-0.2, 0) is 0 Å². The monoisotopic (exact) mass is 225 g/mol. The summed E-state index contributed by atoms with van der Waals surface area (Å²) < 4.78 is 0. The van der Waals surface area contributed by atoms with E-state index in [0.717, 1.165) is 0 Å². The summed E-state index contributed by atoms with van der Waals surface area (Å²) in [6.07, 6.45) is 7.81. The Balaban J connectivity index is 2.76. The molecular formula is C13H23NO2. The van der Waals surface area contributed by atoms with Crippen molar-refractivity contribution in [2.75, 3.05) is 19.8 Å². The van der Waals surface area contributed by atoms with Crippen LogP contribution in [0.5, 0.6) is 0 Å². The number of aliphatic hydroxyl groups is 2. The molecule has 3 heteroatoms. The van der Waals surface area contributed by atoms with Crippen molar-refractivity contribution in [1.82, 2.24) is 5.32 Å². The number of hydrogen-bond donors (Lipinski definition) is 3. The largest absolute Gasteiger partial charge is 0.396 e. The molecule has 0 amide bonds. The van der Waals surface area contributed by atoms with E-state index in [4.69, 9.17) is 0 Å². The fourth-order valence-corrected chi connectivity index (χ4v) is 1.85. The van der Waals surface area contributed by atoms with Gasteiger partial charge in [0.2, 0.25) is 0 Å². The summed E-state index contributed by atoms with van der Waals surface area (Å²) >= 11 is 0. The predicted molar refractivity (Wildman–Crippen MR) is 66.1 cm³/mol. The van der Waals surface area contributed by atoms with Crippen LogP contribution >= 0.6 is 0 Å². The van der Waals surface area contributed by atoms with Gasteiger partial charge in [-0.1, -0.05) is 24.3 Å². The van der Waals surface area contributed by atoms with Gasteiger partial charge in [0.05, 0.1) is 13.2 Å². The van der Waals surface area contributed by atoms with Crippen molar-refractivity contribution < 1.29 is 10.2 Å². The van der Waals surface area contributed by atoms with Gasteiger partial charge in [0.25, 0.3) is 0 Å². The molecule has 0 fully saturated rings. The van der Waals surface area contributed by atoms with Gasteiger partial charge < -0.3 is 15.5 Å². The highest BCUT2D eigenvalue weighted by Gasteiger charge is 2.36. The Kier molecular flexibility index (Phi) is 4.30. The van der Waals surface area contributed by atoms with Crippen molar-refractivity contribution in [2.24, 2.45) is 11.3 Å². The van der Waals surface area contributed by atoms with Gasteiger partial charge in [-0.2, -0.15) is 0 Å². The summed E-state index contributed by atoms with van der Waals surface area (Å²) in [7, 11) is 0. The maximum absolute atomic E-state index is 9.60. The molecule has 0 saturated carbocycles. The molecule has 0 saturated heterocycles. The molecule has 3 N–H and O–H groups in total. The van der Waals surface area contributed by atoms with Crippen LogP contribution in [0.2, 0.25) is 0 Å². The Hall–Kier alpha value is -0.640. The number of hydrogen-bond acceptors (Lipinski definition) is 3. The molecule has 0 aliphatic heterocycles. The van der Waals surface area contributed by atoms with Gasteiger partial charge in [0, 0.05) is 23.4 Å². The maximum Gasteiger partial charge on any atom is 0.0540 e. The third-order valence-electron chi connectivity index (χ3n) is 3.06. The van der Waals surface area contributed by atoms with Crippen LogP contribution in [0.1, 0.15) is 20.8 Å². The van der Waals surface area contributed by atoms with Gasteiger partial charge in [-0.05, 0) is 20.8 Å². The van der Waals surface area contributed by atoms with Gasteiger partial charge in [-0.15, -0.1) is 0 Å². The summed E-state index contributed by atoms with van der Waals surface area (Å²) in [5, 5.41) is 22.4. The summed E-state index contributed by atoms with van der Waals surface area (Å²) in [5.41, 5.74) is -0.367. The minimum absolute atomic E-state index is 0.0111. The average Bonchev–Trinajstić information content (AvgIpc) is 2.25. The topological polar surface area (TPSA) is 52.5 Å². The van der Waals surface area contributed by atoms with Gasteiger partial charge in [0.1, 0.15) is 0 Å². The Labute approximate surface area is 97.9 Å². The van der Waals surface area contributed by atoms with Crippen LogP contribution in [0.25, 0.3) is 0 Å². The zero-order chi connectivity index (χ0) is 12.2. The summed E-state index contributed by atoms with van der Waals surface area (Å²) in [6, 6.07) is 0. The van der Waals surface area contributed by atoms with Crippen molar-refractivity contribution in [2.45, 2.75) is 26.3 Å². The third kappa shape index (κ3) is 3.17. The van der Waals surface area contributed by atoms with Crippen molar-refractivity contribution in [1.29, 1.82) is 0 Å². The molecule has 0 radical (unpaired) electrons. The van der Waals surface area contributed by atoms with E-state index >= 15 is 0 Å². The van der Waals surface area contributed by atoms with E-state index in [1.54, 1.807) is 0 Å². The summed E-state index contributed by atoms with van der Waals surface area (Å²) in [6.45, 7) is 7.05. The lowest BCUT2D eigenvalue weighted by Crippen LogP contribution is -2.49. The van der Waals surface area contributed by atoms with E-state index in [1.807, 2.05) is 24.3 Å². The van der Waals surface area contributed by atoms with Gasteiger partial charge >= 0.3 is 0 Å². The lowest BCUT2D eigenvalue weighted by atomic mass is 9.73. The van der Waals surface area contributed by atoms with E-state index < -0.39 is 0 Å². The van der Waals surface area contributed by atoms with E-state index in [-0.39, 0.29) is 30.1 Å². The molecule has 1 aliphatic carbocycles. The molecule has 0 aromatic carbocycles. The Morgan fingerprint density at radius 1 is 1.25 bits per heavy atom. The minimum Gasteiger partial charge on any atom is -0.396 e. The first-order valence-electron chi connectivity index (χ1n) is 5.76. The highest BCUT2D eigenvalue weighted by Crippen LogP contribution is 2.32. The van der Waals surface area contributed by atoms with Crippen LogP contribution in [0, 0.1) is 11.3 Å². The molecule has 0 bridgehead atoms. The predicted octanol–water partition coefficient (Wildman–Crippen LogP) is 1.09. The molecular weight excluding hydrogens is 202 g/mol. The zero-order valence-electron chi connectivity index (χ0n) is 10.4. The quantitative estimate of drug-likeness (QED) is 0.671. The number of aliphatic hydroxyl groups excluding tert-OH is 2. The minimum atomic E-state index is -0.378. The smallest absolute Gasteiger partial charge is 0.0540 e. The molecule has 0 aromatic heterocycles. The van der Waals surface area contributed by atoms with Crippen LogP contribution in [0.4, 0.5) is 0 Å². The molecule has 92 valence electrons. The zero-order valence-corrected chi connectivity index (χ0v) is 10.4. The van der Waals surface area contributed by atoms with E-state index in [0.29, 0.717) is 6.54 Å². The van der Waals surface area contributed by atoms with Gasteiger partial charge in [-0.25, -0.2) is 0 Å². The van der Waals surface area contributed by atoms with E-state index in [2.05, 4.69) is 26.1 Å². The SMILES string of the molecule is CC(C)(C)NCC1(CO)C=CC=CC1CO. The molecule has 2 unspecified atom stereocenters. The van der Waals surface area contributed by atoms with Crippen LogP contribution in [0.15, 0.2) is 24.3 Å². The number of allylic oxidation sites excluding steroid dienone is 2. The first-order valence-corrected chi connectivity index (χ1v) is 5.76. The molecule has 16 heavy (non-hydrogen) atoms. The van der Waals surface area contributed by atoms with Gasteiger partial charge in [0.15, 0.2) is 0 Å². The molecule has 0 aromatic rings. The molecule has 1 rings (SSSR count). The summed E-state index contributed by atoms with van der Waals surface area (Å²) in [5.74, 6) is -0.0163. The molecule has 3 nitrogen and oxygen atoms in total. The Bertz CT molecular complexity index is 278. The third-order valence-corrected chi connectivity index (χ3v) is 3.06. The highest BCUT2D eigenvalue weighted by molar-refractivity contribution is 5.21. The Morgan fingerprint density at radius 3 is 2.44 bits per heavy atom. The fourth-order valence-electron chi connectivity index (χ4n) is 1.85. The molecule has 0 heterocycles. The average molecular weight is 225 g/mol.